The van der Waals surface area contributed by atoms with E-state index in [4.69, 9.17) is 0 Å². The molecule has 0 bridgehead atoms. The fourth-order valence-corrected chi connectivity index (χ4v) is 4.10. The van der Waals surface area contributed by atoms with Crippen molar-refractivity contribution in [1.82, 2.24) is 10.2 Å². The van der Waals surface area contributed by atoms with Gasteiger partial charge in [0.25, 0.3) is 0 Å². The summed E-state index contributed by atoms with van der Waals surface area (Å²) < 4.78 is 0. The van der Waals surface area contributed by atoms with Crippen molar-refractivity contribution in [3.8, 4) is 0 Å². The lowest BCUT2D eigenvalue weighted by Gasteiger charge is -2.49. The topological polar surface area (TPSA) is 15.3 Å². The second-order valence-corrected chi connectivity index (χ2v) is 6.91. The Kier molecular flexibility index (Phi) is 5.45. The van der Waals surface area contributed by atoms with Gasteiger partial charge in [0.05, 0.1) is 6.04 Å². The number of rotatable bonds is 5. The lowest BCUT2D eigenvalue weighted by Crippen LogP contribution is -2.55. The molecule has 1 aliphatic rings. The maximum atomic E-state index is 3.81. The standard InChI is InChI=1S/C19H32N2/c1-6-20-18(17-11-10-15(2)14-16(17)3)19(21(4)5)12-8-7-9-13-19/h10-11,14,18,20H,6-9,12-13H2,1-5H3. The van der Waals surface area contributed by atoms with Gasteiger partial charge in [-0.3, -0.25) is 0 Å². The molecule has 0 heterocycles. The number of benzene rings is 1. The molecule has 1 aliphatic carbocycles. The number of nitrogens with zero attached hydrogens (tertiary/aromatic N) is 1. The summed E-state index contributed by atoms with van der Waals surface area (Å²) in [6.07, 6.45) is 6.69. The van der Waals surface area contributed by atoms with E-state index in [1.54, 1.807) is 0 Å². The van der Waals surface area contributed by atoms with Crippen LogP contribution in [0.25, 0.3) is 0 Å². The Bertz CT molecular complexity index is 459. The normalized spacial score (nSPS) is 19.7. The third-order valence-electron chi connectivity index (χ3n) is 5.29. The summed E-state index contributed by atoms with van der Waals surface area (Å²) in [6, 6.07) is 7.36. The van der Waals surface area contributed by atoms with Crippen LogP contribution in [-0.4, -0.2) is 31.1 Å². The predicted molar refractivity (Wildman–Crippen MR) is 91.8 cm³/mol. The van der Waals surface area contributed by atoms with E-state index >= 15 is 0 Å². The van der Waals surface area contributed by atoms with Crippen molar-refractivity contribution in [1.29, 1.82) is 0 Å². The third-order valence-corrected chi connectivity index (χ3v) is 5.29. The predicted octanol–water partition coefficient (Wildman–Crippen LogP) is 4.22. The minimum Gasteiger partial charge on any atom is -0.309 e. The molecule has 0 amide bonds. The zero-order valence-corrected chi connectivity index (χ0v) is 14.5. The molecule has 0 saturated heterocycles. The molecule has 118 valence electrons. The molecule has 1 fully saturated rings. The Labute approximate surface area is 130 Å². The van der Waals surface area contributed by atoms with E-state index in [2.05, 4.69) is 63.3 Å². The fraction of sp³-hybridized carbons (Fsp3) is 0.684. The highest BCUT2D eigenvalue weighted by molar-refractivity contribution is 5.35. The number of hydrogen-bond donors (Lipinski definition) is 1. The highest BCUT2D eigenvalue weighted by atomic mass is 15.2. The van der Waals surface area contributed by atoms with Crippen LogP contribution in [0.4, 0.5) is 0 Å². The number of hydrogen-bond acceptors (Lipinski definition) is 2. The van der Waals surface area contributed by atoms with Crippen molar-refractivity contribution in [2.24, 2.45) is 0 Å². The Morgan fingerprint density at radius 3 is 2.33 bits per heavy atom. The smallest absolute Gasteiger partial charge is 0.0509 e. The monoisotopic (exact) mass is 288 g/mol. The first kappa shape index (κ1) is 16.5. The van der Waals surface area contributed by atoms with Crippen molar-refractivity contribution in [2.75, 3.05) is 20.6 Å². The first-order valence-corrected chi connectivity index (χ1v) is 8.49. The van der Waals surface area contributed by atoms with Gasteiger partial charge in [-0.15, -0.1) is 0 Å². The van der Waals surface area contributed by atoms with Crippen LogP contribution in [-0.2, 0) is 0 Å². The minimum absolute atomic E-state index is 0.258. The Hall–Kier alpha value is -0.860. The molecule has 2 heteroatoms. The van der Waals surface area contributed by atoms with Gasteiger partial charge in [-0.25, -0.2) is 0 Å². The van der Waals surface area contributed by atoms with Crippen LogP contribution in [0, 0.1) is 13.8 Å². The lowest BCUT2D eigenvalue weighted by atomic mass is 9.72. The molecule has 0 spiro atoms. The summed E-state index contributed by atoms with van der Waals surface area (Å²) >= 11 is 0. The zero-order valence-electron chi connectivity index (χ0n) is 14.5. The van der Waals surface area contributed by atoms with E-state index in [0.29, 0.717) is 6.04 Å². The number of likely N-dealkylation sites (N-methyl/N-ethyl adjacent to an activating group) is 2. The van der Waals surface area contributed by atoms with Gasteiger partial charge in [-0.2, -0.15) is 0 Å². The van der Waals surface area contributed by atoms with Crippen LogP contribution in [0.3, 0.4) is 0 Å². The quantitative estimate of drug-likeness (QED) is 0.872. The van der Waals surface area contributed by atoms with E-state index in [1.807, 2.05) is 0 Å². The average molecular weight is 288 g/mol. The molecule has 2 nitrogen and oxygen atoms in total. The second kappa shape index (κ2) is 6.93. The van der Waals surface area contributed by atoms with Gasteiger partial charge < -0.3 is 10.2 Å². The van der Waals surface area contributed by atoms with Crippen molar-refractivity contribution >= 4 is 0 Å². The summed E-state index contributed by atoms with van der Waals surface area (Å²) in [5.74, 6) is 0. The highest BCUT2D eigenvalue weighted by Crippen LogP contribution is 2.42. The fourth-order valence-electron chi connectivity index (χ4n) is 4.10. The minimum atomic E-state index is 0.258. The van der Waals surface area contributed by atoms with E-state index in [9.17, 15) is 0 Å². The van der Waals surface area contributed by atoms with Gasteiger partial charge >= 0.3 is 0 Å². The summed E-state index contributed by atoms with van der Waals surface area (Å²) in [7, 11) is 4.53. The molecular weight excluding hydrogens is 256 g/mol. The first-order valence-electron chi connectivity index (χ1n) is 8.49. The summed E-state index contributed by atoms with van der Waals surface area (Å²) in [4.78, 5) is 2.48. The van der Waals surface area contributed by atoms with Crippen LogP contribution < -0.4 is 5.32 Å². The van der Waals surface area contributed by atoms with Gasteiger partial charge in [-0.1, -0.05) is 49.9 Å². The molecule has 0 aromatic heterocycles. The highest BCUT2D eigenvalue weighted by Gasteiger charge is 2.42. The van der Waals surface area contributed by atoms with Crippen LogP contribution in [0.2, 0.25) is 0 Å². The molecule has 1 aromatic carbocycles. The van der Waals surface area contributed by atoms with Gasteiger partial charge in [-0.05, 0) is 58.5 Å². The molecule has 1 aromatic rings. The second-order valence-electron chi connectivity index (χ2n) is 6.91. The van der Waals surface area contributed by atoms with Crippen molar-refractivity contribution in [3.05, 3.63) is 34.9 Å². The van der Waals surface area contributed by atoms with E-state index in [0.717, 1.165) is 6.54 Å². The molecule has 21 heavy (non-hydrogen) atoms. The molecule has 1 saturated carbocycles. The van der Waals surface area contributed by atoms with E-state index in [-0.39, 0.29) is 5.54 Å². The molecule has 0 radical (unpaired) electrons. The van der Waals surface area contributed by atoms with Crippen LogP contribution in [0.5, 0.6) is 0 Å². The Balaban J connectivity index is 2.44. The van der Waals surface area contributed by atoms with Crippen molar-refractivity contribution < 1.29 is 0 Å². The first-order chi connectivity index (χ1) is 10.0. The van der Waals surface area contributed by atoms with Crippen LogP contribution in [0.15, 0.2) is 18.2 Å². The Morgan fingerprint density at radius 2 is 1.81 bits per heavy atom. The van der Waals surface area contributed by atoms with Crippen molar-refractivity contribution in [2.45, 2.75) is 64.5 Å². The summed E-state index contributed by atoms with van der Waals surface area (Å²) in [5, 5.41) is 3.81. The molecule has 1 atom stereocenters. The Morgan fingerprint density at radius 1 is 1.14 bits per heavy atom. The van der Waals surface area contributed by atoms with Gasteiger partial charge in [0.15, 0.2) is 0 Å². The molecule has 0 aliphatic heterocycles. The van der Waals surface area contributed by atoms with Crippen LogP contribution >= 0.6 is 0 Å². The molecular formula is C19H32N2. The van der Waals surface area contributed by atoms with Gasteiger partial charge in [0.1, 0.15) is 0 Å². The molecule has 1 unspecified atom stereocenters. The van der Waals surface area contributed by atoms with Crippen LogP contribution in [0.1, 0.15) is 61.8 Å². The summed E-state index contributed by atoms with van der Waals surface area (Å²) in [5.41, 5.74) is 4.52. The molecule has 1 N–H and O–H groups in total. The van der Waals surface area contributed by atoms with Gasteiger partial charge in [0, 0.05) is 5.54 Å². The van der Waals surface area contributed by atoms with Crippen molar-refractivity contribution in [3.63, 3.8) is 0 Å². The van der Waals surface area contributed by atoms with E-state index in [1.165, 1.54) is 48.8 Å². The summed E-state index contributed by atoms with van der Waals surface area (Å²) in [6.45, 7) is 7.69. The third kappa shape index (κ3) is 3.32. The average Bonchev–Trinajstić information content (AvgIpc) is 2.46. The van der Waals surface area contributed by atoms with E-state index < -0.39 is 0 Å². The number of nitrogens with one attached hydrogen (secondary N) is 1. The molecule has 2 rings (SSSR count). The number of aryl methyl sites for hydroxylation is 2. The zero-order chi connectivity index (χ0) is 15.5. The SMILES string of the molecule is CCNC(c1ccc(C)cc1C)C1(N(C)C)CCCCC1. The maximum Gasteiger partial charge on any atom is 0.0509 e. The maximum absolute atomic E-state index is 3.81. The van der Waals surface area contributed by atoms with Gasteiger partial charge in [0.2, 0.25) is 0 Å². The largest absolute Gasteiger partial charge is 0.309 e. The lowest BCUT2D eigenvalue weighted by molar-refractivity contribution is 0.0568.